The van der Waals surface area contributed by atoms with Crippen molar-refractivity contribution in [2.45, 2.75) is 19.8 Å². The van der Waals surface area contributed by atoms with Gasteiger partial charge in [0.1, 0.15) is 11.3 Å². The lowest BCUT2D eigenvalue weighted by Crippen LogP contribution is -2.17. The number of aryl methyl sites for hydroxylation is 1. The molecule has 0 aromatic carbocycles. The number of rotatable bonds is 7. The van der Waals surface area contributed by atoms with Gasteiger partial charge in [-0.2, -0.15) is 0 Å². The number of hydrogen-bond donors (Lipinski definition) is 2. The van der Waals surface area contributed by atoms with Gasteiger partial charge in [0, 0.05) is 35.5 Å². The summed E-state index contributed by atoms with van der Waals surface area (Å²) in [6.07, 6.45) is 6.48. The SMILES string of the molecule is Cc1cccc(-c2nc(-c3cncc(NC(=O)CCCN(C)C)c3)c3cc[nH]c3n2)n1. The Morgan fingerprint density at radius 1 is 1.13 bits per heavy atom. The molecule has 0 aliphatic heterocycles. The average Bonchev–Trinajstić information content (AvgIpc) is 3.21. The molecular formula is C23H25N7O. The van der Waals surface area contributed by atoms with E-state index < -0.39 is 0 Å². The van der Waals surface area contributed by atoms with Gasteiger partial charge < -0.3 is 15.2 Å². The van der Waals surface area contributed by atoms with Gasteiger partial charge in [0.15, 0.2) is 5.82 Å². The first-order chi connectivity index (χ1) is 15.0. The maximum absolute atomic E-state index is 12.3. The first-order valence-corrected chi connectivity index (χ1v) is 10.2. The van der Waals surface area contributed by atoms with Crippen molar-refractivity contribution in [3.63, 3.8) is 0 Å². The predicted octanol–water partition coefficient (Wildman–Crippen LogP) is 3.67. The minimum atomic E-state index is -0.0278. The van der Waals surface area contributed by atoms with Crippen LogP contribution in [0.4, 0.5) is 5.69 Å². The van der Waals surface area contributed by atoms with E-state index in [4.69, 9.17) is 4.98 Å². The number of aromatic amines is 1. The molecule has 158 valence electrons. The van der Waals surface area contributed by atoms with Crippen LogP contribution in [0.25, 0.3) is 33.8 Å². The van der Waals surface area contributed by atoms with Crippen LogP contribution in [0.5, 0.6) is 0 Å². The highest BCUT2D eigenvalue weighted by Crippen LogP contribution is 2.29. The van der Waals surface area contributed by atoms with Crippen LogP contribution in [0.3, 0.4) is 0 Å². The number of nitrogens with one attached hydrogen (secondary N) is 2. The average molecular weight is 416 g/mol. The van der Waals surface area contributed by atoms with Crippen molar-refractivity contribution in [1.82, 2.24) is 29.8 Å². The lowest BCUT2D eigenvalue weighted by Gasteiger charge is -2.10. The lowest BCUT2D eigenvalue weighted by molar-refractivity contribution is -0.116. The van der Waals surface area contributed by atoms with E-state index >= 15 is 0 Å². The van der Waals surface area contributed by atoms with Gasteiger partial charge in [-0.25, -0.2) is 15.0 Å². The Kier molecular flexibility index (Phi) is 5.99. The molecule has 0 atom stereocenters. The molecule has 8 nitrogen and oxygen atoms in total. The normalized spacial score (nSPS) is 11.2. The largest absolute Gasteiger partial charge is 0.346 e. The van der Waals surface area contributed by atoms with Crippen LogP contribution in [0.2, 0.25) is 0 Å². The minimum absolute atomic E-state index is 0.0278. The number of hydrogen-bond acceptors (Lipinski definition) is 6. The first kappa shape index (κ1) is 20.6. The minimum Gasteiger partial charge on any atom is -0.346 e. The van der Waals surface area contributed by atoms with E-state index in [9.17, 15) is 4.79 Å². The number of H-pyrrole nitrogens is 1. The summed E-state index contributed by atoms with van der Waals surface area (Å²) in [5.74, 6) is 0.506. The summed E-state index contributed by atoms with van der Waals surface area (Å²) in [6.45, 7) is 2.81. The number of anilines is 1. The van der Waals surface area contributed by atoms with Crippen molar-refractivity contribution in [3.8, 4) is 22.8 Å². The molecule has 0 saturated heterocycles. The second-order valence-corrected chi connectivity index (χ2v) is 7.72. The third kappa shape index (κ3) is 4.92. The molecule has 8 heteroatoms. The van der Waals surface area contributed by atoms with E-state index in [2.05, 4.69) is 30.2 Å². The zero-order valence-corrected chi connectivity index (χ0v) is 17.9. The second-order valence-electron chi connectivity index (χ2n) is 7.72. The quantitative estimate of drug-likeness (QED) is 0.478. The van der Waals surface area contributed by atoms with Gasteiger partial charge in [-0.1, -0.05) is 6.07 Å². The van der Waals surface area contributed by atoms with Crippen LogP contribution < -0.4 is 5.32 Å². The van der Waals surface area contributed by atoms with Crippen molar-refractivity contribution in [2.75, 3.05) is 26.0 Å². The Bertz CT molecular complexity index is 1220. The van der Waals surface area contributed by atoms with Crippen molar-refractivity contribution < 1.29 is 4.79 Å². The highest BCUT2D eigenvalue weighted by molar-refractivity contribution is 5.94. The molecule has 0 aliphatic carbocycles. The number of carbonyl (C=O) groups excluding carboxylic acids is 1. The Morgan fingerprint density at radius 2 is 2.00 bits per heavy atom. The standard InChI is InChI=1S/C23H25N7O/c1-15-6-4-7-19(26-15)23-28-21(18-9-10-25-22(18)29-23)16-12-17(14-24-13-16)27-20(31)8-5-11-30(2)3/h4,6-7,9-10,12-14H,5,8,11H2,1-3H3,(H,27,31)(H,25,28,29). The van der Waals surface area contributed by atoms with Gasteiger partial charge in [0.25, 0.3) is 0 Å². The van der Waals surface area contributed by atoms with E-state index in [1.807, 2.05) is 57.5 Å². The van der Waals surface area contributed by atoms with Crippen LogP contribution in [-0.4, -0.2) is 56.4 Å². The van der Waals surface area contributed by atoms with Gasteiger partial charge in [0.2, 0.25) is 5.91 Å². The number of pyridine rings is 2. The Labute approximate surface area is 180 Å². The molecular weight excluding hydrogens is 390 g/mol. The molecule has 1 amide bonds. The van der Waals surface area contributed by atoms with Crippen LogP contribution in [0, 0.1) is 6.92 Å². The van der Waals surface area contributed by atoms with E-state index in [0.29, 0.717) is 23.6 Å². The number of fused-ring (bicyclic) bond motifs is 1. The number of carbonyl (C=O) groups is 1. The lowest BCUT2D eigenvalue weighted by atomic mass is 10.1. The van der Waals surface area contributed by atoms with Crippen LogP contribution in [-0.2, 0) is 4.79 Å². The highest BCUT2D eigenvalue weighted by Gasteiger charge is 2.14. The predicted molar refractivity (Wildman–Crippen MR) is 122 cm³/mol. The Balaban J connectivity index is 1.65. The summed E-state index contributed by atoms with van der Waals surface area (Å²) in [4.78, 5) is 35.8. The molecule has 0 unspecified atom stereocenters. The smallest absolute Gasteiger partial charge is 0.224 e. The maximum Gasteiger partial charge on any atom is 0.224 e. The van der Waals surface area contributed by atoms with Crippen molar-refractivity contribution in [3.05, 3.63) is 54.6 Å². The van der Waals surface area contributed by atoms with Gasteiger partial charge in [-0.05, 0) is 58.3 Å². The van der Waals surface area contributed by atoms with Crippen molar-refractivity contribution in [1.29, 1.82) is 0 Å². The molecule has 0 saturated carbocycles. The molecule has 0 aliphatic rings. The molecule has 0 bridgehead atoms. The zero-order chi connectivity index (χ0) is 21.8. The molecule has 0 radical (unpaired) electrons. The maximum atomic E-state index is 12.3. The van der Waals surface area contributed by atoms with E-state index in [1.165, 1.54) is 0 Å². The molecule has 0 fully saturated rings. The third-order valence-corrected chi connectivity index (χ3v) is 4.84. The highest BCUT2D eigenvalue weighted by atomic mass is 16.1. The number of amides is 1. The molecule has 0 spiro atoms. The zero-order valence-electron chi connectivity index (χ0n) is 17.9. The van der Waals surface area contributed by atoms with Crippen molar-refractivity contribution in [2.24, 2.45) is 0 Å². The summed E-state index contributed by atoms with van der Waals surface area (Å²) in [5, 5.41) is 3.82. The van der Waals surface area contributed by atoms with Gasteiger partial charge in [-0.3, -0.25) is 9.78 Å². The fourth-order valence-corrected chi connectivity index (χ4v) is 3.36. The fraction of sp³-hybridized carbons (Fsp3) is 0.261. The van der Waals surface area contributed by atoms with Crippen LogP contribution in [0.15, 0.2) is 48.9 Å². The van der Waals surface area contributed by atoms with Gasteiger partial charge in [-0.15, -0.1) is 0 Å². The molecule has 31 heavy (non-hydrogen) atoms. The van der Waals surface area contributed by atoms with Gasteiger partial charge in [0.05, 0.1) is 17.6 Å². The third-order valence-electron chi connectivity index (χ3n) is 4.84. The summed E-state index contributed by atoms with van der Waals surface area (Å²) in [7, 11) is 3.99. The second kappa shape index (κ2) is 9.01. The first-order valence-electron chi connectivity index (χ1n) is 10.2. The van der Waals surface area contributed by atoms with E-state index in [1.54, 1.807) is 12.4 Å². The molecule has 4 heterocycles. The summed E-state index contributed by atoms with van der Waals surface area (Å²) >= 11 is 0. The Morgan fingerprint density at radius 3 is 2.81 bits per heavy atom. The molecule has 4 aromatic heterocycles. The van der Waals surface area contributed by atoms with E-state index in [-0.39, 0.29) is 5.91 Å². The molecule has 2 N–H and O–H groups in total. The van der Waals surface area contributed by atoms with Crippen LogP contribution >= 0.6 is 0 Å². The topological polar surface area (TPSA) is 99.7 Å². The number of nitrogens with zero attached hydrogens (tertiary/aromatic N) is 5. The van der Waals surface area contributed by atoms with Gasteiger partial charge >= 0.3 is 0 Å². The molecule has 4 aromatic rings. The van der Waals surface area contributed by atoms with Crippen LogP contribution in [0.1, 0.15) is 18.5 Å². The summed E-state index contributed by atoms with van der Waals surface area (Å²) in [6, 6.07) is 9.59. The fourth-order valence-electron chi connectivity index (χ4n) is 3.36. The molecule has 4 rings (SSSR count). The van der Waals surface area contributed by atoms with Crippen molar-refractivity contribution >= 4 is 22.6 Å². The Hall–Kier alpha value is -3.65. The summed E-state index contributed by atoms with van der Waals surface area (Å²) in [5.41, 5.74) is 4.50. The number of aromatic nitrogens is 5. The van der Waals surface area contributed by atoms with E-state index in [0.717, 1.165) is 41.0 Å². The summed E-state index contributed by atoms with van der Waals surface area (Å²) < 4.78 is 0. The monoisotopic (exact) mass is 415 g/mol.